The Morgan fingerprint density at radius 2 is 1.48 bits per heavy atom. The average molecular weight is 457 g/mol. The molecule has 0 aromatic heterocycles. The summed E-state index contributed by atoms with van der Waals surface area (Å²) in [4.78, 5) is 12.9. The fourth-order valence-corrected chi connectivity index (χ4v) is 12.2. The number of hydrogen-bond donors (Lipinski definition) is 1. The molecular formula is C30H48O3. The molecule has 1 saturated heterocycles. The quantitative estimate of drug-likeness (QED) is 0.455. The monoisotopic (exact) mass is 456 g/mol. The molecule has 186 valence electrons. The molecule has 0 radical (unpaired) electrons. The van der Waals surface area contributed by atoms with Gasteiger partial charge in [0.1, 0.15) is 17.0 Å². The van der Waals surface area contributed by atoms with Gasteiger partial charge in [0.2, 0.25) is 0 Å². The fourth-order valence-electron chi connectivity index (χ4n) is 12.2. The molecule has 3 nitrogen and oxygen atoms in total. The third kappa shape index (κ3) is 2.14. The van der Waals surface area contributed by atoms with Crippen LogP contribution in [0.15, 0.2) is 0 Å². The normalized spacial score (nSPS) is 61.0. The van der Waals surface area contributed by atoms with Gasteiger partial charge in [-0.3, -0.25) is 4.79 Å². The van der Waals surface area contributed by atoms with Crippen molar-refractivity contribution in [1.29, 1.82) is 0 Å². The zero-order chi connectivity index (χ0) is 24.0. The molecule has 1 heterocycles. The zero-order valence-corrected chi connectivity index (χ0v) is 22.5. The Labute approximate surface area is 201 Å². The van der Waals surface area contributed by atoms with E-state index < -0.39 is 0 Å². The highest BCUT2D eigenvalue weighted by molar-refractivity contribution is 5.85. The third-order valence-electron chi connectivity index (χ3n) is 14.1. The lowest BCUT2D eigenvalue weighted by atomic mass is 9.32. The fraction of sp³-hybridized carbons (Fsp3) is 0.967. The Morgan fingerprint density at radius 1 is 0.848 bits per heavy atom. The van der Waals surface area contributed by atoms with Crippen LogP contribution in [0.3, 0.4) is 0 Å². The third-order valence-corrected chi connectivity index (χ3v) is 14.1. The minimum atomic E-state index is -0.336. The number of carbonyl (C=O) groups excluding carboxylic acids is 1. The van der Waals surface area contributed by atoms with Crippen LogP contribution in [0.25, 0.3) is 0 Å². The van der Waals surface area contributed by atoms with E-state index in [-0.39, 0.29) is 44.4 Å². The van der Waals surface area contributed by atoms with Crippen LogP contribution in [0.1, 0.15) is 113 Å². The Hall–Kier alpha value is -0.410. The molecule has 0 amide bonds. The number of aliphatic hydroxyl groups is 1. The van der Waals surface area contributed by atoms with Gasteiger partial charge in [-0.1, -0.05) is 55.4 Å². The second-order valence-electron chi connectivity index (χ2n) is 15.3. The largest absolute Gasteiger partial charge is 0.390 e. The lowest BCUT2D eigenvalue weighted by Gasteiger charge is -2.72. The maximum atomic E-state index is 12.9. The number of aliphatic hydroxyl groups excluding tert-OH is 1. The maximum Gasteiger partial charge on any atom is 0.138 e. The summed E-state index contributed by atoms with van der Waals surface area (Å²) in [6.45, 7) is 19.3. The summed E-state index contributed by atoms with van der Waals surface area (Å²) in [6.07, 6.45) is 9.79. The van der Waals surface area contributed by atoms with Gasteiger partial charge in [0.25, 0.3) is 0 Å². The molecule has 3 heteroatoms. The molecule has 0 bridgehead atoms. The van der Waals surface area contributed by atoms with Crippen LogP contribution in [0.5, 0.6) is 0 Å². The summed E-state index contributed by atoms with van der Waals surface area (Å²) in [7, 11) is 0. The van der Waals surface area contributed by atoms with Crippen molar-refractivity contribution in [3.05, 3.63) is 0 Å². The van der Waals surface area contributed by atoms with E-state index in [9.17, 15) is 9.90 Å². The van der Waals surface area contributed by atoms with Crippen molar-refractivity contribution in [2.45, 2.75) is 130 Å². The van der Waals surface area contributed by atoms with Gasteiger partial charge in [-0.25, -0.2) is 0 Å². The van der Waals surface area contributed by atoms with Gasteiger partial charge in [0.15, 0.2) is 0 Å². The topological polar surface area (TPSA) is 49.8 Å². The minimum absolute atomic E-state index is 0.102. The number of fused-ring (bicyclic) bond motifs is 5. The van der Waals surface area contributed by atoms with Gasteiger partial charge in [-0.2, -0.15) is 0 Å². The van der Waals surface area contributed by atoms with Crippen molar-refractivity contribution >= 4 is 5.78 Å². The molecule has 6 fully saturated rings. The highest BCUT2D eigenvalue weighted by Crippen LogP contribution is 2.84. The molecule has 5 aliphatic carbocycles. The predicted molar refractivity (Wildman–Crippen MR) is 131 cm³/mol. The van der Waals surface area contributed by atoms with Crippen molar-refractivity contribution < 1.29 is 14.6 Å². The molecule has 33 heavy (non-hydrogen) atoms. The highest BCUT2D eigenvalue weighted by Gasteiger charge is 2.90. The first kappa shape index (κ1) is 23.0. The number of carbonyl (C=O) groups is 1. The van der Waals surface area contributed by atoms with Crippen molar-refractivity contribution in [2.24, 2.45) is 50.7 Å². The van der Waals surface area contributed by atoms with Crippen molar-refractivity contribution in [3.63, 3.8) is 0 Å². The number of ketones is 1. The Morgan fingerprint density at radius 3 is 2.12 bits per heavy atom. The van der Waals surface area contributed by atoms with E-state index in [1.54, 1.807) is 0 Å². The molecular weight excluding hydrogens is 408 g/mol. The zero-order valence-electron chi connectivity index (χ0n) is 22.5. The van der Waals surface area contributed by atoms with Crippen LogP contribution in [0.2, 0.25) is 0 Å². The standard InChI is InChI=1S/C30H48O3/c1-18(2)29-23(32)17-25(5)15-16-28(8)21(30(25,29)33-29)10-9-20-26(6)13-12-22(31)24(3,4)19(26)11-14-27(20,28)7/h18-21,23,32H,9-17H2,1-8H3/t19?,20?,21-,23-,25-,26-,27+,28+,29-,30-/m0/s1. The van der Waals surface area contributed by atoms with Crippen molar-refractivity contribution in [3.8, 4) is 0 Å². The molecule has 1 spiro atoms. The molecule has 10 atom stereocenters. The average Bonchev–Trinajstić information content (AvgIpc) is 3.38. The van der Waals surface area contributed by atoms with Crippen LogP contribution in [0.4, 0.5) is 0 Å². The summed E-state index contributed by atoms with van der Waals surface area (Å²) < 4.78 is 6.95. The first-order chi connectivity index (χ1) is 15.2. The summed E-state index contributed by atoms with van der Waals surface area (Å²) in [5.74, 6) is 2.56. The summed E-state index contributed by atoms with van der Waals surface area (Å²) in [6, 6.07) is 0. The van der Waals surface area contributed by atoms with Crippen LogP contribution >= 0.6 is 0 Å². The summed E-state index contributed by atoms with van der Waals surface area (Å²) in [5.41, 5.74) is 0.200. The van der Waals surface area contributed by atoms with Gasteiger partial charge in [-0.05, 0) is 91.3 Å². The lowest BCUT2D eigenvalue weighted by molar-refractivity contribution is -0.236. The van der Waals surface area contributed by atoms with Crippen molar-refractivity contribution in [1.82, 2.24) is 0 Å². The van der Waals surface area contributed by atoms with E-state index in [1.807, 2.05) is 0 Å². The number of hydrogen-bond acceptors (Lipinski definition) is 3. The maximum absolute atomic E-state index is 12.9. The van der Waals surface area contributed by atoms with Gasteiger partial charge in [0.05, 0.1) is 6.10 Å². The van der Waals surface area contributed by atoms with Crippen LogP contribution in [-0.2, 0) is 9.53 Å². The highest BCUT2D eigenvalue weighted by atomic mass is 16.7. The molecule has 0 aromatic rings. The molecule has 5 saturated carbocycles. The Bertz CT molecular complexity index is 908. The first-order valence-corrected chi connectivity index (χ1v) is 14.1. The van der Waals surface area contributed by atoms with E-state index in [0.29, 0.717) is 29.5 Å². The number of rotatable bonds is 1. The molecule has 1 N–H and O–H groups in total. The molecule has 2 unspecified atom stereocenters. The summed E-state index contributed by atoms with van der Waals surface area (Å²) >= 11 is 0. The molecule has 1 aliphatic heterocycles. The molecule has 6 rings (SSSR count). The lowest BCUT2D eigenvalue weighted by Crippen LogP contribution is -2.68. The molecule has 0 aromatic carbocycles. The second-order valence-corrected chi connectivity index (χ2v) is 15.3. The van der Waals surface area contributed by atoms with Crippen molar-refractivity contribution in [2.75, 3.05) is 0 Å². The second kappa shape index (κ2) is 6.10. The smallest absolute Gasteiger partial charge is 0.138 e. The first-order valence-electron chi connectivity index (χ1n) is 14.1. The minimum Gasteiger partial charge on any atom is -0.390 e. The predicted octanol–water partition coefficient (Wildman–Crippen LogP) is 6.56. The van der Waals surface area contributed by atoms with Gasteiger partial charge in [-0.15, -0.1) is 0 Å². The van der Waals surface area contributed by atoms with E-state index in [2.05, 4.69) is 55.4 Å². The van der Waals surface area contributed by atoms with Crippen LogP contribution in [0, 0.1) is 50.7 Å². The number of epoxide rings is 1. The van der Waals surface area contributed by atoms with Crippen LogP contribution in [-0.4, -0.2) is 28.2 Å². The summed E-state index contributed by atoms with van der Waals surface area (Å²) in [5, 5.41) is 11.3. The SMILES string of the molecule is CC(C)[C@@]12O[C@]13[C@H]1CCC4[C@@]5(C)CCC(=O)C(C)(C)C5CC[C@@]4(C)[C@]1(C)CC[C@@]3(C)C[C@@H]2O. The van der Waals surface area contributed by atoms with E-state index >= 15 is 0 Å². The number of Topliss-reactive ketones (excluding diaryl/α,β-unsaturated/α-hetero) is 1. The Balaban J connectivity index is 1.44. The van der Waals surface area contributed by atoms with Crippen LogP contribution < -0.4 is 0 Å². The van der Waals surface area contributed by atoms with E-state index in [4.69, 9.17) is 4.74 Å². The number of ether oxygens (including phenoxy) is 1. The van der Waals surface area contributed by atoms with E-state index in [1.165, 1.54) is 38.5 Å². The van der Waals surface area contributed by atoms with E-state index in [0.717, 1.165) is 19.3 Å². The van der Waals surface area contributed by atoms with Gasteiger partial charge < -0.3 is 9.84 Å². The van der Waals surface area contributed by atoms with Gasteiger partial charge in [0, 0.05) is 17.3 Å². The Kier molecular flexibility index (Phi) is 4.26. The van der Waals surface area contributed by atoms with Gasteiger partial charge >= 0.3 is 0 Å². The molecule has 6 aliphatic rings.